The van der Waals surface area contributed by atoms with Gasteiger partial charge in [-0.1, -0.05) is 0 Å². The molecule has 2 amide bonds. The number of nitrogens with zero attached hydrogens (tertiary/aromatic N) is 1. The Morgan fingerprint density at radius 1 is 1.04 bits per heavy atom. The Kier molecular flexibility index (Phi) is 6.29. The Morgan fingerprint density at radius 3 is 2.17 bits per heavy atom. The second kappa shape index (κ2) is 8.22. The average molecular weight is 338 g/mol. The highest BCUT2D eigenvalue weighted by atomic mass is 19.2. The molecule has 1 aromatic carbocycles. The van der Waals surface area contributed by atoms with E-state index >= 15 is 0 Å². The maximum atomic E-state index is 13.2. The van der Waals surface area contributed by atoms with E-state index in [0.717, 1.165) is 12.1 Å². The maximum Gasteiger partial charge on any atom is 0.227 e. The van der Waals surface area contributed by atoms with Crippen molar-refractivity contribution in [3.05, 3.63) is 29.8 Å². The molecule has 0 bridgehead atoms. The number of anilines is 1. The molecule has 1 aromatic rings. The lowest BCUT2D eigenvalue weighted by molar-refractivity contribution is -0.137. The van der Waals surface area contributed by atoms with Crippen LogP contribution in [0, 0.1) is 23.5 Å². The van der Waals surface area contributed by atoms with Crippen LogP contribution < -0.4 is 5.32 Å². The molecule has 1 fully saturated rings. The van der Waals surface area contributed by atoms with Gasteiger partial charge in [0.15, 0.2) is 11.6 Å². The number of benzene rings is 1. The minimum atomic E-state index is -0.985. The van der Waals surface area contributed by atoms with Crippen molar-refractivity contribution < 1.29 is 18.4 Å². The molecule has 6 heteroatoms. The minimum absolute atomic E-state index is 0.0165. The Labute approximate surface area is 141 Å². The SMILES string of the molecule is CCN(CC)C(=O)C1CCC(C(=O)Nc2ccc(F)c(F)c2)CC1. The van der Waals surface area contributed by atoms with Crippen LogP contribution in [0.3, 0.4) is 0 Å². The van der Waals surface area contributed by atoms with Gasteiger partial charge in [-0.25, -0.2) is 8.78 Å². The quantitative estimate of drug-likeness (QED) is 0.892. The van der Waals surface area contributed by atoms with Gasteiger partial charge >= 0.3 is 0 Å². The first-order valence-corrected chi connectivity index (χ1v) is 8.50. The molecule has 24 heavy (non-hydrogen) atoms. The highest BCUT2D eigenvalue weighted by Crippen LogP contribution is 2.31. The molecule has 2 rings (SSSR count). The van der Waals surface area contributed by atoms with E-state index < -0.39 is 11.6 Å². The molecular weight excluding hydrogens is 314 g/mol. The first-order chi connectivity index (χ1) is 11.5. The van der Waals surface area contributed by atoms with Gasteiger partial charge in [-0.2, -0.15) is 0 Å². The summed E-state index contributed by atoms with van der Waals surface area (Å²) in [7, 11) is 0. The third kappa shape index (κ3) is 4.30. The number of carbonyl (C=O) groups is 2. The normalized spacial score (nSPS) is 20.5. The van der Waals surface area contributed by atoms with E-state index in [0.29, 0.717) is 38.8 Å². The third-order valence-corrected chi connectivity index (χ3v) is 4.71. The molecule has 0 saturated heterocycles. The molecule has 1 aliphatic carbocycles. The van der Waals surface area contributed by atoms with Gasteiger partial charge in [0.25, 0.3) is 0 Å². The van der Waals surface area contributed by atoms with Gasteiger partial charge in [0, 0.05) is 36.7 Å². The monoisotopic (exact) mass is 338 g/mol. The summed E-state index contributed by atoms with van der Waals surface area (Å²) in [5.74, 6) is -2.17. The van der Waals surface area contributed by atoms with Crippen LogP contribution in [0.5, 0.6) is 0 Å². The molecule has 132 valence electrons. The number of halogens is 2. The van der Waals surface area contributed by atoms with E-state index in [2.05, 4.69) is 5.32 Å². The van der Waals surface area contributed by atoms with Crippen molar-refractivity contribution in [1.82, 2.24) is 4.90 Å². The summed E-state index contributed by atoms with van der Waals surface area (Å²) in [5, 5.41) is 2.63. The zero-order valence-electron chi connectivity index (χ0n) is 14.1. The van der Waals surface area contributed by atoms with Crippen molar-refractivity contribution in [3.8, 4) is 0 Å². The summed E-state index contributed by atoms with van der Waals surface area (Å²) in [5.41, 5.74) is 0.250. The van der Waals surface area contributed by atoms with E-state index in [9.17, 15) is 18.4 Å². The van der Waals surface area contributed by atoms with Gasteiger partial charge < -0.3 is 10.2 Å². The minimum Gasteiger partial charge on any atom is -0.343 e. The number of rotatable bonds is 5. The summed E-state index contributed by atoms with van der Waals surface area (Å²) in [6, 6.07) is 3.30. The molecule has 0 aliphatic heterocycles. The standard InChI is InChI=1S/C18H24F2N2O2/c1-3-22(4-2)18(24)13-7-5-12(6-8-13)17(23)21-14-9-10-15(19)16(20)11-14/h9-13H,3-8H2,1-2H3,(H,21,23). The second-order valence-electron chi connectivity index (χ2n) is 6.18. The maximum absolute atomic E-state index is 13.2. The van der Waals surface area contributed by atoms with Crippen molar-refractivity contribution >= 4 is 17.5 Å². The Balaban J connectivity index is 1.88. The number of hydrogen-bond donors (Lipinski definition) is 1. The topological polar surface area (TPSA) is 49.4 Å². The predicted molar refractivity (Wildman–Crippen MR) is 88.4 cm³/mol. The van der Waals surface area contributed by atoms with Crippen LogP contribution in [0.15, 0.2) is 18.2 Å². The molecule has 0 unspecified atom stereocenters. The van der Waals surface area contributed by atoms with Crippen molar-refractivity contribution in [3.63, 3.8) is 0 Å². The molecule has 0 atom stereocenters. The lowest BCUT2D eigenvalue weighted by Crippen LogP contribution is -2.38. The average Bonchev–Trinajstić information content (AvgIpc) is 2.59. The smallest absolute Gasteiger partial charge is 0.227 e. The molecule has 0 heterocycles. The van der Waals surface area contributed by atoms with Crippen LogP contribution in [0.25, 0.3) is 0 Å². The van der Waals surface area contributed by atoms with Gasteiger partial charge in [0.05, 0.1) is 0 Å². The van der Waals surface area contributed by atoms with Gasteiger partial charge in [-0.3, -0.25) is 9.59 Å². The molecule has 0 radical (unpaired) electrons. The van der Waals surface area contributed by atoms with E-state index in [1.54, 1.807) is 0 Å². The second-order valence-corrected chi connectivity index (χ2v) is 6.18. The summed E-state index contributed by atoms with van der Waals surface area (Å²) >= 11 is 0. The number of hydrogen-bond acceptors (Lipinski definition) is 2. The number of nitrogens with one attached hydrogen (secondary N) is 1. The van der Waals surface area contributed by atoms with Crippen molar-refractivity contribution in [2.24, 2.45) is 11.8 Å². The van der Waals surface area contributed by atoms with Crippen LogP contribution in [-0.4, -0.2) is 29.8 Å². The fourth-order valence-corrected chi connectivity index (χ4v) is 3.21. The fourth-order valence-electron chi connectivity index (χ4n) is 3.21. The fraction of sp³-hybridized carbons (Fsp3) is 0.556. The number of amides is 2. The molecule has 1 N–H and O–H groups in total. The van der Waals surface area contributed by atoms with Crippen LogP contribution in [0.2, 0.25) is 0 Å². The van der Waals surface area contributed by atoms with Gasteiger partial charge in [0.2, 0.25) is 11.8 Å². The zero-order chi connectivity index (χ0) is 17.7. The van der Waals surface area contributed by atoms with Gasteiger partial charge in [-0.05, 0) is 51.7 Å². The first-order valence-electron chi connectivity index (χ1n) is 8.50. The zero-order valence-corrected chi connectivity index (χ0v) is 14.1. The van der Waals surface area contributed by atoms with E-state index in [-0.39, 0.29) is 29.3 Å². The summed E-state index contributed by atoms with van der Waals surface area (Å²) < 4.78 is 26.1. The van der Waals surface area contributed by atoms with Crippen molar-refractivity contribution in [2.45, 2.75) is 39.5 Å². The lowest BCUT2D eigenvalue weighted by atomic mass is 9.81. The van der Waals surface area contributed by atoms with Crippen LogP contribution >= 0.6 is 0 Å². The molecule has 4 nitrogen and oxygen atoms in total. The summed E-state index contributed by atoms with van der Waals surface area (Å²) in [4.78, 5) is 26.4. The highest BCUT2D eigenvalue weighted by Gasteiger charge is 2.31. The molecule has 1 aliphatic rings. The Hall–Kier alpha value is -1.98. The van der Waals surface area contributed by atoms with Crippen LogP contribution in [0.4, 0.5) is 14.5 Å². The van der Waals surface area contributed by atoms with E-state index in [1.807, 2.05) is 18.7 Å². The van der Waals surface area contributed by atoms with Crippen LogP contribution in [-0.2, 0) is 9.59 Å². The van der Waals surface area contributed by atoms with Gasteiger partial charge in [0.1, 0.15) is 0 Å². The van der Waals surface area contributed by atoms with E-state index in [1.165, 1.54) is 6.07 Å². The Morgan fingerprint density at radius 2 is 1.62 bits per heavy atom. The van der Waals surface area contributed by atoms with E-state index in [4.69, 9.17) is 0 Å². The Bertz CT molecular complexity index is 595. The third-order valence-electron chi connectivity index (χ3n) is 4.71. The van der Waals surface area contributed by atoms with Crippen LogP contribution in [0.1, 0.15) is 39.5 Å². The van der Waals surface area contributed by atoms with Crippen molar-refractivity contribution in [2.75, 3.05) is 18.4 Å². The van der Waals surface area contributed by atoms with Gasteiger partial charge in [-0.15, -0.1) is 0 Å². The molecule has 0 spiro atoms. The first kappa shape index (κ1) is 18.4. The summed E-state index contributed by atoms with van der Waals surface area (Å²) in [6.07, 6.45) is 2.64. The number of carbonyl (C=O) groups excluding carboxylic acids is 2. The molecule has 0 aromatic heterocycles. The van der Waals surface area contributed by atoms with Crippen molar-refractivity contribution in [1.29, 1.82) is 0 Å². The largest absolute Gasteiger partial charge is 0.343 e. The molecular formula is C18H24F2N2O2. The predicted octanol–water partition coefficient (Wildman–Crippen LogP) is 3.58. The highest BCUT2D eigenvalue weighted by molar-refractivity contribution is 5.92. The lowest BCUT2D eigenvalue weighted by Gasteiger charge is -2.30. The summed E-state index contributed by atoms with van der Waals surface area (Å²) in [6.45, 7) is 5.32. The molecule has 1 saturated carbocycles.